The lowest BCUT2D eigenvalue weighted by atomic mass is 10.1. The molecule has 23 heavy (non-hydrogen) atoms. The van der Waals surface area contributed by atoms with Crippen LogP contribution < -0.4 is 10.6 Å². The van der Waals surface area contributed by atoms with Gasteiger partial charge in [-0.3, -0.25) is 4.79 Å². The summed E-state index contributed by atoms with van der Waals surface area (Å²) in [6, 6.07) is 11.2. The minimum Gasteiger partial charge on any atom is -0.367 e. The summed E-state index contributed by atoms with van der Waals surface area (Å²) in [5, 5.41) is 14.0. The Kier molecular flexibility index (Phi) is 6.49. The van der Waals surface area contributed by atoms with Gasteiger partial charge in [-0.1, -0.05) is 28.1 Å². The van der Waals surface area contributed by atoms with Crippen LogP contribution in [0.15, 0.2) is 40.9 Å². The van der Waals surface area contributed by atoms with Crippen LogP contribution in [0.25, 0.3) is 0 Å². The second-order valence-electron chi connectivity index (χ2n) is 5.39. The maximum absolute atomic E-state index is 12.0. The lowest BCUT2D eigenvalue weighted by Gasteiger charge is -2.10. The van der Waals surface area contributed by atoms with Crippen LogP contribution in [0, 0.1) is 0 Å². The van der Waals surface area contributed by atoms with Crippen molar-refractivity contribution in [2.24, 2.45) is 0 Å². The third kappa shape index (κ3) is 6.33. The smallest absolute Gasteiger partial charge is 0.229 e. The summed E-state index contributed by atoms with van der Waals surface area (Å²) in [7, 11) is 4.02. The third-order valence-corrected chi connectivity index (χ3v) is 3.54. The number of halogens is 1. The van der Waals surface area contributed by atoms with E-state index < -0.39 is 0 Å². The lowest BCUT2D eigenvalue weighted by Crippen LogP contribution is -2.21. The van der Waals surface area contributed by atoms with E-state index in [2.05, 4.69) is 41.7 Å². The maximum atomic E-state index is 12.0. The molecule has 0 saturated carbocycles. The van der Waals surface area contributed by atoms with Gasteiger partial charge in [0.05, 0.1) is 6.42 Å². The number of likely N-dealkylation sites (N-methyl/N-ethyl adjacent to an activating group) is 1. The minimum absolute atomic E-state index is 0.120. The van der Waals surface area contributed by atoms with Gasteiger partial charge in [0.2, 0.25) is 5.91 Å². The molecule has 2 N–H and O–H groups in total. The fraction of sp³-hybridized carbons (Fsp3) is 0.312. The lowest BCUT2D eigenvalue weighted by molar-refractivity contribution is -0.115. The van der Waals surface area contributed by atoms with Crippen molar-refractivity contribution in [2.75, 3.05) is 37.8 Å². The van der Waals surface area contributed by atoms with Crippen LogP contribution in [0.2, 0.25) is 0 Å². The Bertz CT molecular complexity index is 645. The number of carbonyl (C=O) groups excluding carboxylic acids is 1. The van der Waals surface area contributed by atoms with Crippen molar-refractivity contribution in [1.29, 1.82) is 0 Å². The summed E-state index contributed by atoms with van der Waals surface area (Å²) < 4.78 is 0.954. The van der Waals surface area contributed by atoms with E-state index in [9.17, 15) is 4.79 Å². The van der Waals surface area contributed by atoms with Crippen LogP contribution >= 0.6 is 15.9 Å². The second kappa shape index (κ2) is 8.59. The van der Waals surface area contributed by atoms with Gasteiger partial charge in [-0.25, -0.2) is 0 Å². The molecule has 0 aliphatic carbocycles. The molecule has 1 amide bonds. The molecule has 0 saturated heterocycles. The highest BCUT2D eigenvalue weighted by Crippen LogP contribution is 2.13. The molecule has 2 rings (SSSR count). The molecule has 0 aliphatic heterocycles. The molecule has 7 heteroatoms. The van der Waals surface area contributed by atoms with E-state index in [1.165, 1.54) is 0 Å². The number of aromatic nitrogens is 2. The van der Waals surface area contributed by atoms with E-state index in [0.29, 0.717) is 18.1 Å². The Morgan fingerprint density at radius 3 is 2.57 bits per heavy atom. The van der Waals surface area contributed by atoms with Crippen molar-refractivity contribution in [1.82, 2.24) is 15.1 Å². The zero-order valence-electron chi connectivity index (χ0n) is 13.2. The van der Waals surface area contributed by atoms with E-state index in [-0.39, 0.29) is 5.91 Å². The number of nitrogens with zero attached hydrogens (tertiary/aromatic N) is 3. The fourth-order valence-electron chi connectivity index (χ4n) is 1.92. The van der Waals surface area contributed by atoms with Gasteiger partial charge in [0.25, 0.3) is 0 Å². The van der Waals surface area contributed by atoms with E-state index in [1.807, 2.05) is 38.4 Å². The summed E-state index contributed by atoms with van der Waals surface area (Å²) in [5.41, 5.74) is 0.937. The van der Waals surface area contributed by atoms with Gasteiger partial charge in [0.15, 0.2) is 5.82 Å². The normalized spacial score (nSPS) is 10.6. The van der Waals surface area contributed by atoms with Crippen LogP contribution in [-0.2, 0) is 11.2 Å². The third-order valence-electron chi connectivity index (χ3n) is 3.05. The van der Waals surface area contributed by atoms with Gasteiger partial charge < -0.3 is 15.5 Å². The molecule has 1 aromatic heterocycles. The van der Waals surface area contributed by atoms with E-state index in [4.69, 9.17) is 0 Å². The number of hydrogen-bond donors (Lipinski definition) is 2. The van der Waals surface area contributed by atoms with Crippen LogP contribution in [0.1, 0.15) is 5.56 Å². The number of anilines is 2. The molecule has 1 heterocycles. The Morgan fingerprint density at radius 2 is 1.91 bits per heavy atom. The molecule has 0 aliphatic rings. The minimum atomic E-state index is -0.120. The van der Waals surface area contributed by atoms with Crippen molar-refractivity contribution in [3.8, 4) is 0 Å². The molecule has 0 atom stereocenters. The molecule has 0 bridgehead atoms. The summed E-state index contributed by atoms with van der Waals surface area (Å²) in [6.45, 7) is 1.70. The van der Waals surface area contributed by atoms with Gasteiger partial charge in [0, 0.05) is 17.6 Å². The first-order valence-electron chi connectivity index (χ1n) is 7.29. The van der Waals surface area contributed by atoms with E-state index >= 15 is 0 Å². The fourth-order valence-corrected chi connectivity index (χ4v) is 2.37. The van der Waals surface area contributed by atoms with Gasteiger partial charge in [-0.05, 0) is 43.9 Å². The summed E-state index contributed by atoms with van der Waals surface area (Å²) in [4.78, 5) is 14.1. The Morgan fingerprint density at radius 1 is 1.17 bits per heavy atom. The highest BCUT2D eigenvalue weighted by atomic mass is 79.9. The Balaban J connectivity index is 1.84. The summed E-state index contributed by atoms with van der Waals surface area (Å²) in [6.07, 6.45) is 0.296. The van der Waals surface area contributed by atoms with Crippen LogP contribution in [-0.4, -0.2) is 48.2 Å². The first-order valence-corrected chi connectivity index (χ1v) is 8.09. The van der Waals surface area contributed by atoms with Crippen molar-refractivity contribution < 1.29 is 4.79 Å². The number of benzene rings is 1. The van der Waals surface area contributed by atoms with Gasteiger partial charge >= 0.3 is 0 Å². The SMILES string of the molecule is CN(C)CCNc1ccc(NC(=O)Cc2cccc(Br)c2)nn1. The van der Waals surface area contributed by atoms with Crippen molar-refractivity contribution >= 4 is 33.5 Å². The summed E-state index contributed by atoms with van der Waals surface area (Å²) in [5.74, 6) is 1.02. The molecule has 122 valence electrons. The van der Waals surface area contributed by atoms with E-state index in [1.54, 1.807) is 12.1 Å². The average Bonchev–Trinajstić information content (AvgIpc) is 2.48. The Hall–Kier alpha value is -1.99. The predicted molar refractivity (Wildman–Crippen MR) is 95.6 cm³/mol. The molecule has 0 radical (unpaired) electrons. The number of hydrogen-bond acceptors (Lipinski definition) is 5. The zero-order valence-corrected chi connectivity index (χ0v) is 14.8. The molecular formula is C16H20BrN5O. The largest absolute Gasteiger partial charge is 0.367 e. The van der Waals surface area contributed by atoms with Gasteiger partial charge in [-0.2, -0.15) is 0 Å². The van der Waals surface area contributed by atoms with E-state index in [0.717, 1.165) is 23.1 Å². The first kappa shape index (κ1) is 17.4. The van der Waals surface area contributed by atoms with Crippen molar-refractivity contribution in [2.45, 2.75) is 6.42 Å². The average molecular weight is 378 g/mol. The number of nitrogens with one attached hydrogen (secondary N) is 2. The molecule has 0 fully saturated rings. The molecule has 0 unspecified atom stereocenters. The van der Waals surface area contributed by atoms with Crippen LogP contribution in [0.4, 0.5) is 11.6 Å². The monoisotopic (exact) mass is 377 g/mol. The van der Waals surface area contributed by atoms with Crippen molar-refractivity contribution in [3.63, 3.8) is 0 Å². The van der Waals surface area contributed by atoms with Gasteiger partial charge in [-0.15, -0.1) is 10.2 Å². The second-order valence-corrected chi connectivity index (χ2v) is 6.30. The molecule has 2 aromatic rings. The molecule has 0 spiro atoms. The zero-order chi connectivity index (χ0) is 16.7. The van der Waals surface area contributed by atoms with Crippen LogP contribution in [0.3, 0.4) is 0 Å². The predicted octanol–water partition coefficient (Wildman–Crippen LogP) is 2.39. The number of carbonyl (C=O) groups is 1. The quantitative estimate of drug-likeness (QED) is 0.774. The maximum Gasteiger partial charge on any atom is 0.229 e. The topological polar surface area (TPSA) is 70.2 Å². The molecule has 1 aromatic carbocycles. The van der Waals surface area contributed by atoms with Crippen molar-refractivity contribution in [3.05, 3.63) is 46.4 Å². The standard InChI is InChI=1S/C16H20BrN5O/c1-22(2)9-8-18-14-6-7-15(21-20-14)19-16(23)11-12-4-3-5-13(17)10-12/h3-7,10H,8-9,11H2,1-2H3,(H,18,20)(H,19,21,23). The highest BCUT2D eigenvalue weighted by molar-refractivity contribution is 9.10. The number of amides is 1. The highest BCUT2D eigenvalue weighted by Gasteiger charge is 2.06. The Labute approximate surface area is 144 Å². The summed E-state index contributed by atoms with van der Waals surface area (Å²) >= 11 is 3.39. The molecular weight excluding hydrogens is 358 g/mol. The first-order chi connectivity index (χ1) is 11.0. The van der Waals surface area contributed by atoms with Crippen LogP contribution in [0.5, 0.6) is 0 Å². The molecule has 6 nitrogen and oxygen atoms in total. The number of rotatable bonds is 7. The van der Waals surface area contributed by atoms with Gasteiger partial charge in [0.1, 0.15) is 5.82 Å².